The summed E-state index contributed by atoms with van der Waals surface area (Å²) in [6, 6.07) is 6.65. The van der Waals surface area contributed by atoms with Gasteiger partial charge in [-0.1, -0.05) is 23.5 Å². The Balaban J connectivity index is 1.44. The van der Waals surface area contributed by atoms with Gasteiger partial charge >= 0.3 is 10.8 Å². The van der Waals surface area contributed by atoms with E-state index < -0.39 is 23.8 Å². The van der Waals surface area contributed by atoms with Crippen molar-refractivity contribution in [2.75, 3.05) is 7.11 Å². The highest BCUT2D eigenvalue weighted by Crippen LogP contribution is 2.68. The number of H-pyrrole nitrogens is 1. The summed E-state index contributed by atoms with van der Waals surface area (Å²) < 4.78 is 5.31. The molecule has 2 N–H and O–H groups in total. The van der Waals surface area contributed by atoms with Gasteiger partial charge in [-0.05, 0) is 48.8 Å². The van der Waals surface area contributed by atoms with Crippen LogP contribution in [0.4, 0.5) is 0 Å². The van der Waals surface area contributed by atoms with E-state index in [4.69, 9.17) is 4.74 Å². The molecule has 3 heterocycles. The lowest BCUT2D eigenvalue weighted by Gasteiger charge is -2.43. The predicted molar refractivity (Wildman–Crippen MR) is 120 cm³/mol. The number of thiazole rings is 1. The molecule has 2 aliphatic heterocycles. The number of fused-ring (bicyclic) bond motifs is 9. The van der Waals surface area contributed by atoms with E-state index in [0.717, 1.165) is 32.5 Å². The average molecular weight is 487 g/mol. The standard InChI is InChI=1S/C23H22N2O6S2/c1-8(22(28)29)25-20(26)15-11-7-12(16(15)21(25)27)17-14(11)13(9-3-5-10(31-2)6-4-9)18-19(32-17)24-23(30)33-18/h3-6,8,11-17H,7H2,1-2H3,(H,24,30)(H,28,29)/t8-,11-,12+,13+,14-,15+,16-,17-/m1/s1. The fraction of sp³-hybridized carbons (Fsp3) is 0.478. The number of benzene rings is 1. The molecule has 2 saturated carbocycles. The Kier molecular flexibility index (Phi) is 4.58. The molecule has 2 amide bonds. The maximum absolute atomic E-state index is 13.3. The summed E-state index contributed by atoms with van der Waals surface area (Å²) in [5.74, 6) is -2.11. The van der Waals surface area contributed by atoms with Gasteiger partial charge in [0.1, 0.15) is 11.8 Å². The normalized spacial score (nSPS) is 34.7. The Hall–Kier alpha value is -2.59. The molecule has 1 aromatic heterocycles. The van der Waals surface area contributed by atoms with Gasteiger partial charge in [0.25, 0.3) is 0 Å². The number of aromatic amines is 1. The minimum atomic E-state index is -1.17. The van der Waals surface area contributed by atoms with E-state index in [1.54, 1.807) is 18.9 Å². The highest BCUT2D eigenvalue weighted by molar-refractivity contribution is 8.00. The number of imide groups is 1. The highest BCUT2D eigenvalue weighted by Gasteiger charge is 2.70. The number of thioether (sulfide) groups is 1. The molecule has 8 nitrogen and oxygen atoms in total. The molecule has 2 aromatic rings. The first-order valence-electron chi connectivity index (χ1n) is 10.9. The molecule has 2 bridgehead atoms. The zero-order valence-electron chi connectivity index (χ0n) is 17.9. The topological polar surface area (TPSA) is 117 Å². The van der Waals surface area contributed by atoms with E-state index in [2.05, 4.69) is 4.98 Å². The van der Waals surface area contributed by atoms with E-state index in [1.165, 1.54) is 18.3 Å². The Labute approximate surface area is 197 Å². The number of hydrogen-bond acceptors (Lipinski definition) is 7. The van der Waals surface area contributed by atoms with Crippen LogP contribution in [0.1, 0.15) is 29.7 Å². The fourth-order valence-corrected chi connectivity index (χ4v) is 9.61. The molecule has 1 saturated heterocycles. The van der Waals surface area contributed by atoms with Crippen LogP contribution < -0.4 is 9.61 Å². The smallest absolute Gasteiger partial charge is 0.326 e. The molecular formula is C23H22N2O6S2. The second-order valence-electron chi connectivity index (χ2n) is 9.29. The molecule has 4 aliphatic rings. The summed E-state index contributed by atoms with van der Waals surface area (Å²) in [6.07, 6.45) is 0.774. The van der Waals surface area contributed by atoms with Crippen LogP contribution in [0.5, 0.6) is 5.75 Å². The molecular weight excluding hydrogens is 464 g/mol. The molecule has 10 heteroatoms. The van der Waals surface area contributed by atoms with E-state index in [0.29, 0.717) is 0 Å². The summed E-state index contributed by atoms with van der Waals surface area (Å²) in [7, 11) is 1.61. The van der Waals surface area contributed by atoms with Crippen molar-refractivity contribution in [3.63, 3.8) is 0 Å². The van der Waals surface area contributed by atoms with Crippen molar-refractivity contribution in [3.05, 3.63) is 44.4 Å². The largest absolute Gasteiger partial charge is 0.497 e. The molecule has 0 unspecified atom stereocenters. The number of rotatable bonds is 4. The number of aromatic nitrogens is 1. The predicted octanol–water partition coefficient (Wildman–Crippen LogP) is 2.39. The third kappa shape index (κ3) is 2.76. The summed E-state index contributed by atoms with van der Waals surface area (Å²) in [6.45, 7) is 1.39. The van der Waals surface area contributed by atoms with Crippen LogP contribution >= 0.6 is 23.1 Å². The average Bonchev–Trinajstić information content (AvgIpc) is 3.52. The van der Waals surface area contributed by atoms with E-state index >= 15 is 0 Å². The maximum atomic E-state index is 13.3. The van der Waals surface area contributed by atoms with Gasteiger partial charge in [0, 0.05) is 16.0 Å². The number of carbonyl (C=O) groups is 3. The first-order chi connectivity index (χ1) is 15.8. The second kappa shape index (κ2) is 7.20. The third-order valence-electron chi connectivity index (χ3n) is 7.98. The fourth-order valence-electron chi connectivity index (χ4n) is 6.72. The lowest BCUT2D eigenvalue weighted by Crippen LogP contribution is -2.44. The monoisotopic (exact) mass is 486 g/mol. The van der Waals surface area contributed by atoms with Crippen LogP contribution in [-0.4, -0.2) is 51.2 Å². The SMILES string of the molecule is COc1ccc([C@@H]2c3sc(=O)[nH]c3S[C@@H]3[C@H]4C[C@@H]([C@@H]5C(=O)N([C@H](C)C(=O)O)C(=O)[C@H]45)[C@H]23)cc1. The number of carboxylic acid groups (broad SMARTS) is 1. The van der Waals surface area contributed by atoms with Crippen molar-refractivity contribution in [2.45, 2.75) is 35.6 Å². The van der Waals surface area contributed by atoms with Gasteiger partial charge in [-0.25, -0.2) is 4.79 Å². The number of methoxy groups -OCH3 is 1. The number of aliphatic carboxylic acids is 1. The van der Waals surface area contributed by atoms with Crippen molar-refractivity contribution >= 4 is 40.9 Å². The molecule has 2 aliphatic carbocycles. The lowest BCUT2D eigenvalue weighted by atomic mass is 9.68. The number of hydrogen-bond donors (Lipinski definition) is 2. The molecule has 6 rings (SSSR count). The Bertz CT molecular complexity index is 1240. The van der Waals surface area contributed by atoms with Gasteiger partial charge in [-0.3, -0.25) is 19.3 Å². The maximum Gasteiger partial charge on any atom is 0.326 e. The zero-order valence-corrected chi connectivity index (χ0v) is 19.5. The van der Waals surface area contributed by atoms with Gasteiger partial charge in [0.05, 0.1) is 24.0 Å². The van der Waals surface area contributed by atoms with Gasteiger partial charge < -0.3 is 14.8 Å². The molecule has 1 aromatic carbocycles. The van der Waals surface area contributed by atoms with E-state index in [9.17, 15) is 24.3 Å². The van der Waals surface area contributed by atoms with Crippen molar-refractivity contribution in [2.24, 2.45) is 29.6 Å². The zero-order chi connectivity index (χ0) is 23.2. The van der Waals surface area contributed by atoms with Gasteiger partial charge in [0.2, 0.25) is 11.8 Å². The van der Waals surface area contributed by atoms with E-state index in [1.807, 2.05) is 24.3 Å². The summed E-state index contributed by atoms with van der Waals surface area (Å²) >= 11 is 2.83. The molecule has 8 atom stereocenters. The van der Waals surface area contributed by atoms with Crippen molar-refractivity contribution in [1.29, 1.82) is 0 Å². The second-order valence-corrected chi connectivity index (χ2v) is 11.5. The number of carboxylic acids is 1. The van der Waals surface area contributed by atoms with Crippen LogP contribution in [0.15, 0.2) is 34.1 Å². The molecule has 3 fully saturated rings. The van der Waals surface area contributed by atoms with E-state index in [-0.39, 0.29) is 45.6 Å². The van der Waals surface area contributed by atoms with Crippen LogP contribution in [0.25, 0.3) is 0 Å². The number of likely N-dealkylation sites (tertiary alicyclic amines) is 1. The van der Waals surface area contributed by atoms with Gasteiger partial charge in [-0.15, -0.1) is 11.8 Å². The molecule has 0 spiro atoms. The number of carbonyl (C=O) groups excluding carboxylic acids is 2. The van der Waals surface area contributed by atoms with Gasteiger partial charge in [0.15, 0.2) is 0 Å². The summed E-state index contributed by atoms with van der Waals surface area (Å²) in [5.41, 5.74) is 1.05. The molecule has 33 heavy (non-hydrogen) atoms. The quantitative estimate of drug-likeness (QED) is 0.638. The van der Waals surface area contributed by atoms with Gasteiger partial charge in [-0.2, -0.15) is 0 Å². The number of nitrogens with one attached hydrogen (secondary N) is 1. The lowest BCUT2D eigenvalue weighted by molar-refractivity contribution is -0.154. The van der Waals surface area contributed by atoms with Crippen LogP contribution in [0.3, 0.4) is 0 Å². The van der Waals surface area contributed by atoms with Crippen molar-refractivity contribution in [1.82, 2.24) is 9.88 Å². The highest BCUT2D eigenvalue weighted by atomic mass is 32.2. The molecule has 172 valence electrons. The number of ether oxygens (including phenoxy) is 1. The molecule has 0 radical (unpaired) electrons. The third-order valence-corrected chi connectivity index (χ3v) is 10.6. The minimum absolute atomic E-state index is 0.0188. The Morgan fingerprint density at radius 2 is 1.82 bits per heavy atom. The van der Waals surface area contributed by atoms with Crippen LogP contribution in [0.2, 0.25) is 0 Å². The number of nitrogens with zero attached hydrogens (tertiary/aromatic N) is 1. The Morgan fingerprint density at radius 1 is 1.15 bits per heavy atom. The van der Waals surface area contributed by atoms with Crippen molar-refractivity contribution < 1.29 is 24.2 Å². The van der Waals surface area contributed by atoms with Crippen molar-refractivity contribution in [3.8, 4) is 5.75 Å². The van der Waals surface area contributed by atoms with Crippen LogP contribution in [0, 0.1) is 29.6 Å². The Morgan fingerprint density at radius 3 is 2.45 bits per heavy atom. The first kappa shape index (κ1) is 21.0. The summed E-state index contributed by atoms with van der Waals surface area (Å²) in [4.78, 5) is 55.3. The first-order valence-corrected chi connectivity index (χ1v) is 12.6. The number of amides is 2. The van der Waals surface area contributed by atoms with Crippen LogP contribution in [-0.2, 0) is 14.4 Å². The minimum Gasteiger partial charge on any atom is -0.497 e. The summed E-state index contributed by atoms with van der Waals surface area (Å²) in [5, 5.41) is 10.4.